The van der Waals surface area contributed by atoms with E-state index >= 15 is 0 Å². The molecule has 0 radical (unpaired) electrons. The van der Waals surface area contributed by atoms with E-state index in [1.165, 1.54) is 0 Å². The van der Waals surface area contributed by atoms with E-state index in [1.807, 2.05) is 30.3 Å². The SMILES string of the molecule is Cc1cccc(C)c1-n1nnnc1SCCOc1cccc(Br)c1. The average molecular weight is 405 g/mol. The number of benzene rings is 2. The van der Waals surface area contributed by atoms with E-state index in [4.69, 9.17) is 4.74 Å². The van der Waals surface area contributed by atoms with Crippen molar-refractivity contribution in [1.29, 1.82) is 0 Å². The largest absolute Gasteiger partial charge is 0.493 e. The number of tetrazole rings is 1. The molecular weight excluding hydrogens is 388 g/mol. The predicted octanol–water partition coefficient (Wildman–Crippen LogP) is 4.21. The molecular formula is C17H17BrN4OS. The van der Waals surface area contributed by atoms with Gasteiger partial charge in [-0.1, -0.05) is 52.0 Å². The number of aromatic nitrogens is 4. The minimum atomic E-state index is 0.584. The second-order valence-electron chi connectivity index (χ2n) is 5.27. The first kappa shape index (κ1) is 17.0. The van der Waals surface area contributed by atoms with Crippen molar-refractivity contribution in [2.24, 2.45) is 0 Å². The second-order valence-corrected chi connectivity index (χ2v) is 7.25. The molecule has 0 saturated carbocycles. The summed E-state index contributed by atoms with van der Waals surface area (Å²) in [7, 11) is 0. The van der Waals surface area contributed by atoms with E-state index in [0.29, 0.717) is 6.61 Å². The third-order valence-corrected chi connectivity index (χ3v) is 4.85. The maximum absolute atomic E-state index is 5.75. The maximum atomic E-state index is 5.75. The lowest BCUT2D eigenvalue weighted by atomic mass is 10.1. The molecule has 0 aliphatic carbocycles. The van der Waals surface area contributed by atoms with Crippen LogP contribution in [-0.2, 0) is 0 Å². The van der Waals surface area contributed by atoms with Crippen LogP contribution < -0.4 is 4.74 Å². The highest BCUT2D eigenvalue weighted by atomic mass is 79.9. The highest BCUT2D eigenvalue weighted by Crippen LogP contribution is 2.24. The number of thioether (sulfide) groups is 1. The molecule has 24 heavy (non-hydrogen) atoms. The van der Waals surface area contributed by atoms with Crippen LogP contribution >= 0.6 is 27.7 Å². The molecule has 0 spiro atoms. The van der Waals surface area contributed by atoms with E-state index < -0.39 is 0 Å². The molecule has 0 atom stereocenters. The van der Waals surface area contributed by atoms with Gasteiger partial charge >= 0.3 is 0 Å². The van der Waals surface area contributed by atoms with Crippen LogP contribution in [0.2, 0.25) is 0 Å². The van der Waals surface area contributed by atoms with Crippen LogP contribution in [0, 0.1) is 13.8 Å². The Kier molecular flexibility index (Phi) is 5.52. The Morgan fingerprint density at radius 3 is 2.62 bits per heavy atom. The fourth-order valence-electron chi connectivity index (χ4n) is 2.40. The minimum absolute atomic E-state index is 0.584. The molecule has 0 aliphatic heterocycles. The molecule has 0 bridgehead atoms. The first-order valence-corrected chi connectivity index (χ1v) is 9.29. The van der Waals surface area contributed by atoms with Gasteiger partial charge in [-0.05, 0) is 53.6 Å². The van der Waals surface area contributed by atoms with Gasteiger partial charge < -0.3 is 4.74 Å². The van der Waals surface area contributed by atoms with Crippen molar-refractivity contribution in [3.05, 3.63) is 58.1 Å². The van der Waals surface area contributed by atoms with E-state index in [0.717, 1.165) is 37.9 Å². The predicted molar refractivity (Wildman–Crippen MR) is 99.0 cm³/mol. The van der Waals surface area contributed by atoms with Gasteiger partial charge in [-0.25, -0.2) is 0 Å². The number of nitrogens with zero attached hydrogens (tertiary/aromatic N) is 4. The van der Waals surface area contributed by atoms with Gasteiger partial charge in [0.1, 0.15) is 5.75 Å². The Hall–Kier alpha value is -1.86. The van der Waals surface area contributed by atoms with Gasteiger partial charge in [-0.3, -0.25) is 0 Å². The standard InChI is InChI=1S/C17H17BrN4OS/c1-12-5-3-6-13(2)16(12)22-17(19-20-21-22)24-10-9-23-15-8-4-7-14(18)11-15/h3-8,11H,9-10H2,1-2H3. The van der Waals surface area contributed by atoms with E-state index in [1.54, 1.807) is 16.4 Å². The van der Waals surface area contributed by atoms with Crippen molar-refractivity contribution in [2.45, 2.75) is 19.0 Å². The topological polar surface area (TPSA) is 52.8 Å². The fourth-order valence-corrected chi connectivity index (χ4v) is 3.47. The maximum Gasteiger partial charge on any atom is 0.214 e. The van der Waals surface area contributed by atoms with E-state index in [-0.39, 0.29) is 0 Å². The lowest BCUT2D eigenvalue weighted by molar-refractivity contribution is 0.343. The van der Waals surface area contributed by atoms with Gasteiger partial charge in [0.05, 0.1) is 12.3 Å². The van der Waals surface area contributed by atoms with Crippen LogP contribution in [-0.4, -0.2) is 32.6 Å². The Morgan fingerprint density at radius 2 is 1.88 bits per heavy atom. The summed E-state index contributed by atoms with van der Waals surface area (Å²) in [5, 5.41) is 12.9. The van der Waals surface area contributed by atoms with E-state index in [2.05, 4.69) is 57.4 Å². The van der Waals surface area contributed by atoms with Crippen molar-refractivity contribution < 1.29 is 4.74 Å². The molecule has 0 amide bonds. The summed E-state index contributed by atoms with van der Waals surface area (Å²) in [6, 6.07) is 14.0. The van der Waals surface area contributed by atoms with Gasteiger partial charge in [-0.15, -0.1) is 5.10 Å². The van der Waals surface area contributed by atoms with Crippen molar-refractivity contribution in [3.8, 4) is 11.4 Å². The number of aryl methyl sites for hydroxylation is 2. The summed E-state index contributed by atoms with van der Waals surface area (Å²) in [4.78, 5) is 0. The van der Waals surface area contributed by atoms with Gasteiger partial charge in [0.2, 0.25) is 5.16 Å². The molecule has 1 heterocycles. The van der Waals surface area contributed by atoms with Crippen molar-refractivity contribution in [1.82, 2.24) is 20.2 Å². The lowest BCUT2D eigenvalue weighted by Crippen LogP contribution is -2.06. The van der Waals surface area contributed by atoms with Crippen LogP contribution in [0.4, 0.5) is 0 Å². The van der Waals surface area contributed by atoms with Crippen LogP contribution in [0.1, 0.15) is 11.1 Å². The summed E-state index contributed by atoms with van der Waals surface area (Å²) in [6.45, 7) is 4.71. The Labute approximate surface area is 153 Å². The zero-order chi connectivity index (χ0) is 16.9. The monoisotopic (exact) mass is 404 g/mol. The zero-order valence-electron chi connectivity index (χ0n) is 13.4. The molecule has 1 aromatic heterocycles. The molecule has 0 saturated heterocycles. The van der Waals surface area contributed by atoms with Crippen LogP contribution in [0.15, 0.2) is 52.1 Å². The fraction of sp³-hybridized carbons (Fsp3) is 0.235. The molecule has 7 heteroatoms. The highest BCUT2D eigenvalue weighted by molar-refractivity contribution is 9.10. The van der Waals surface area contributed by atoms with Crippen molar-refractivity contribution in [2.75, 3.05) is 12.4 Å². The third-order valence-electron chi connectivity index (χ3n) is 3.47. The molecule has 0 aliphatic rings. The molecule has 0 fully saturated rings. The smallest absolute Gasteiger partial charge is 0.214 e. The van der Waals surface area contributed by atoms with Crippen LogP contribution in [0.25, 0.3) is 5.69 Å². The highest BCUT2D eigenvalue weighted by Gasteiger charge is 2.13. The zero-order valence-corrected chi connectivity index (χ0v) is 15.8. The first-order chi connectivity index (χ1) is 11.6. The number of para-hydroxylation sites is 1. The molecule has 5 nitrogen and oxygen atoms in total. The molecule has 3 aromatic rings. The third kappa shape index (κ3) is 3.96. The Morgan fingerprint density at radius 1 is 1.12 bits per heavy atom. The summed E-state index contributed by atoms with van der Waals surface area (Å²) in [5.41, 5.74) is 3.34. The summed E-state index contributed by atoms with van der Waals surface area (Å²) < 4.78 is 8.56. The van der Waals surface area contributed by atoms with Gasteiger partial charge in [-0.2, -0.15) is 4.68 Å². The van der Waals surface area contributed by atoms with Crippen LogP contribution in [0.3, 0.4) is 0 Å². The van der Waals surface area contributed by atoms with Gasteiger partial charge in [0.25, 0.3) is 0 Å². The number of halogens is 1. The first-order valence-electron chi connectivity index (χ1n) is 7.51. The molecule has 124 valence electrons. The van der Waals surface area contributed by atoms with Gasteiger partial charge in [0.15, 0.2) is 0 Å². The number of ether oxygens (including phenoxy) is 1. The number of hydrogen-bond acceptors (Lipinski definition) is 5. The number of hydrogen-bond donors (Lipinski definition) is 0. The van der Waals surface area contributed by atoms with Crippen LogP contribution in [0.5, 0.6) is 5.75 Å². The average Bonchev–Trinajstić information content (AvgIpc) is 3.00. The summed E-state index contributed by atoms with van der Waals surface area (Å²) >= 11 is 5.02. The normalized spacial score (nSPS) is 10.8. The summed E-state index contributed by atoms with van der Waals surface area (Å²) in [6.07, 6.45) is 0. The molecule has 3 rings (SSSR count). The Bertz CT molecular complexity index is 817. The lowest BCUT2D eigenvalue weighted by Gasteiger charge is -2.10. The quantitative estimate of drug-likeness (QED) is 0.454. The molecule has 0 N–H and O–H groups in total. The number of rotatable bonds is 6. The minimum Gasteiger partial charge on any atom is -0.493 e. The Balaban J connectivity index is 1.64. The molecule has 2 aromatic carbocycles. The molecule has 0 unspecified atom stereocenters. The van der Waals surface area contributed by atoms with Crippen molar-refractivity contribution in [3.63, 3.8) is 0 Å². The van der Waals surface area contributed by atoms with Crippen molar-refractivity contribution >= 4 is 27.7 Å². The summed E-state index contributed by atoms with van der Waals surface area (Å²) in [5.74, 6) is 1.61. The van der Waals surface area contributed by atoms with Gasteiger partial charge in [0, 0.05) is 10.2 Å². The van der Waals surface area contributed by atoms with E-state index in [9.17, 15) is 0 Å². The second kappa shape index (κ2) is 7.81.